The number of aliphatic hydroxyl groups excluding tert-OH is 2. The Morgan fingerprint density at radius 2 is 1.85 bits per heavy atom. The molecule has 1 saturated heterocycles. The highest BCUT2D eigenvalue weighted by atomic mass is 35.5. The number of aromatic nitrogens is 1. The Hall–Kier alpha value is -2.88. The lowest BCUT2D eigenvalue weighted by Crippen LogP contribution is -2.49. The van der Waals surface area contributed by atoms with Crippen molar-refractivity contribution < 1.29 is 24.5 Å². The smallest absolute Gasteiger partial charge is 0.340 e. The van der Waals surface area contributed by atoms with E-state index in [0.29, 0.717) is 53.2 Å². The van der Waals surface area contributed by atoms with Gasteiger partial charge in [-0.2, -0.15) is 0 Å². The fraction of sp³-hybridized carbons (Fsp3) is 0.400. The lowest BCUT2D eigenvalue weighted by molar-refractivity contribution is 0.00686. The number of nitrogens with zero attached hydrogens (tertiary/aromatic N) is 3. The minimum atomic E-state index is -0.836. The van der Waals surface area contributed by atoms with E-state index in [-0.39, 0.29) is 19.3 Å². The van der Waals surface area contributed by atoms with Crippen molar-refractivity contribution in [1.29, 1.82) is 0 Å². The second-order valence-corrected chi connectivity index (χ2v) is 11.5. The first-order valence-electron chi connectivity index (χ1n) is 13.2. The molecule has 10 heteroatoms. The Labute approximate surface area is 245 Å². The van der Waals surface area contributed by atoms with Gasteiger partial charge in [0.2, 0.25) is 0 Å². The lowest BCUT2D eigenvalue weighted by Gasteiger charge is -2.44. The first-order valence-corrected chi connectivity index (χ1v) is 13.9. The summed E-state index contributed by atoms with van der Waals surface area (Å²) in [6, 6.07) is 16.5. The van der Waals surface area contributed by atoms with Crippen LogP contribution in [0.2, 0.25) is 10.0 Å². The van der Waals surface area contributed by atoms with E-state index < -0.39 is 17.7 Å². The summed E-state index contributed by atoms with van der Waals surface area (Å²) in [5, 5.41) is 21.3. The Kier molecular flexibility index (Phi) is 9.92. The molecule has 0 bridgehead atoms. The molecule has 2 heterocycles. The molecule has 1 unspecified atom stereocenters. The van der Waals surface area contributed by atoms with Gasteiger partial charge in [0.25, 0.3) is 0 Å². The highest BCUT2D eigenvalue weighted by molar-refractivity contribution is 6.33. The van der Waals surface area contributed by atoms with Crippen molar-refractivity contribution in [3.8, 4) is 5.75 Å². The molecule has 3 aromatic rings. The van der Waals surface area contributed by atoms with E-state index in [0.717, 1.165) is 11.3 Å². The maximum absolute atomic E-state index is 12.3. The Morgan fingerprint density at radius 1 is 1.10 bits per heavy atom. The third-order valence-electron chi connectivity index (χ3n) is 6.50. The van der Waals surface area contributed by atoms with Crippen LogP contribution in [0.5, 0.6) is 5.75 Å². The molecule has 214 valence electrons. The topological polar surface area (TPSA) is 95.4 Å². The number of carbonyl (C=O) groups is 1. The molecule has 8 nitrogen and oxygen atoms in total. The van der Waals surface area contributed by atoms with Gasteiger partial charge in [-0.05, 0) is 62.7 Å². The number of benzene rings is 2. The molecule has 0 radical (unpaired) electrons. The van der Waals surface area contributed by atoms with Gasteiger partial charge < -0.3 is 24.6 Å². The lowest BCUT2D eigenvalue weighted by atomic mass is 10.0. The highest BCUT2D eigenvalue weighted by Gasteiger charge is 2.31. The minimum Gasteiger partial charge on any atom is -0.491 e. The molecule has 0 aliphatic carbocycles. The van der Waals surface area contributed by atoms with Gasteiger partial charge in [0, 0.05) is 43.5 Å². The maximum Gasteiger partial charge on any atom is 0.340 e. The van der Waals surface area contributed by atoms with E-state index >= 15 is 0 Å². The molecular weight excluding hydrogens is 553 g/mol. The standard InChI is InChI=1S/C30H35Cl2N3O5/c1-30(2,3)40-29(38)21-6-10-25(33-17-21)28(37)19-34-12-13-35(27(18-34)20-4-7-22(31)8-5-20)26-11-9-23(16-24(26)32)39-15-14-36/h4-11,16-17,27-28,36-37H,12-15,18-19H2,1-3H3/t27-,28?/m0/s1. The highest BCUT2D eigenvalue weighted by Crippen LogP contribution is 2.37. The van der Waals surface area contributed by atoms with Gasteiger partial charge >= 0.3 is 5.97 Å². The van der Waals surface area contributed by atoms with Crippen LogP contribution in [0.25, 0.3) is 0 Å². The zero-order valence-electron chi connectivity index (χ0n) is 22.9. The summed E-state index contributed by atoms with van der Waals surface area (Å²) in [7, 11) is 0. The molecule has 4 rings (SSSR count). The second kappa shape index (κ2) is 13.2. The largest absolute Gasteiger partial charge is 0.491 e. The minimum absolute atomic E-state index is 0.0533. The average molecular weight is 589 g/mol. The summed E-state index contributed by atoms with van der Waals surface area (Å²) >= 11 is 12.9. The molecule has 1 aliphatic heterocycles. The number of halogens is 2. The van der Waals surface area contributed by atoms with Crippen molar-refractivity contribution in [3.63, 3.8) is 0 Å². The molecule has 1 aliphatic rings. The summed E-state index contributed by atoms with van der Waals surface area (Å²) in [6.45, 7) is 7.92. The number of carbonyl (C=O) groups excluding carboxylic acids is 1. The van der Waals surface area contributed by atoms with Crippen LogP contribution in [0.1, 0.15) is 54.5 Å². The number of β-amino-alcohol motifs (C(OH)–C–C–N with tert-alkyl or cyclic N) is 1. The molecule has 2 aromatic carbocycles. The van der Waals surface area contributed by atoms with Crippen molar-refractivity contribution >= 4 is 34.9 Å². The van der Waals surface area contributed by atoms with Crippen molar-refractivity contribution in [2.75, 3.05) is 44.3 Å². The van der Waals surface area contributed by atoms with Crippen LogP contribution in [0.3, 0.4) is 0 Å². The SMILES string of the molecule is CC(C)(C)OC(=O)c1ccc(C(O)CN2CCN(c3ccc(OCCO)cc3Cl)[C@H](c3ccc(Cl)cc3)C2)nc1. The van der Waals surface area contributed by atoms with Gasteiger partial charge in [0.15, 0.2) is 0 Å². The van der Waals surface area contributed by atoms with E-state index in [1.54, 1.807) is 18.2 Å². The predicted molar refractivity (Wildman–Crippen MR) is 156 cm³/mol. The number of anilines is 1. The molecular formula is C30H35Cl2N3O5. The van der Waals surface area contributed by atoms with Gasteiger partial charge in [-0.15, -0.1) is 0 Å². The number of aliphatic hydroxyl groups is 2. The van der Waals surface area contributed by atoms with Crippen LogP contribution >= 0.6 is 23.2 Å². The summed E-state index contributed by atoms with van der Waals surface area (Å²) in [5.41, 5.74) is 2.17. The second-order valence-electron chi connectivity index (χ2n) is 10.7. The molecule has 0 saturated carbocycles. The number of hydrogen-bond acceptors (Lipinski definition) is 8. The molecule has 0 amide bonds. The van der Waals surface area contributed by atoms with E-state index in [2.05, 4.69) is 14.8 Å². The third kappa shape index (κ3) is 7.86. The summed E-state index contributed by atoms with van der Waals surface area (Å²) < 4.78 is 10.9. The number of pyridine rings is 1. The fourth-order valence-electron chi connectivity index (χ4n) is 4.64. The van der Waals surface area contributed by atoms with Crippen LogP contribution in [0, 0.1) is 0 Å². The van der Waals surface area contributed by atoms with Crippen molar-refractivity contribution in [2.24, 2.45) is 0 Å². The molecule has 2 atom stereocenters. The van der Waals surface area contributed by atoms with Crippen LogP contribution in [0.15, 0.2) is 60.8 Å². The third-order valence-corrected chi connectivity index (χ3v) is 7.06. The first-order chi connectivity index (χ1) is 19.0. The van der Waals surface area contributed by atoms with Crippen LogP contribution < -0.4 is 9.64 Å². The zero-order chi connectivity index (χ0) is 28.9. The number of piperazine rings is 1. The van der Waals surface area contributed by atoms with Crippen molar-refractivity contribution in [3.05, 3.63) is 87.7 Å². The maximum atomic E-state index is 12.3. The van der Waals surface area contributed by atoms with Crippen LogP contribution in [-0.4, -0.2) is 71.1 Å². The Bertz CT molecular complexity index is 1280. The number of rotatable bonds is 9. The van der Waals surface area contributed by atoms with E-state index in [9.17, 15) is 9.90 Å². The zero-order valence-corrected chi connectivity index (χ0v) is 24.4. The van der Waals surface area contributed by atoms with Gasteiger partial charge in [-0.25, -0.2) is 4.79 Å². The van der Waals surface area contributed by atoms with Crippen LogP contribution in [0.4, 0.5) is 5.69 Å². The van der Waals surface area contributed by atoms with E-state index in [1.807, 2.05) is 57.2 Å². The monoisotopic (exact) mass is 587 g/mol. The summed E-state index contributed by atoms with van der Waals surface area (Å²) in [4.78, 5) is 21.1. The number of ether oxygens (including phenoxy) is 2. The van der Waals surface area contributed by atoms with E-state index in [4.69, 9.17) is 37.8 Å². The normalized spacial score (nSPS) is 17.0. The molecule has 2 N–H and O–H groups in total. The molecule has 1 fully saturated rings. The van der Waals surface area contributed by atoms with Gasteiger partial charge in [0.05, 0.1) is 34.6 Å². The van der Waals surface area contributed by atoms with Crippen molar-refractivity contribution in [2.45, 2.75) is 38.5 Å². The predicted octanol–water partition coefficient (Wildman–Crippen LogP) is 5.31. The van der Waals surface area contributed by atoms with Gasteiger partial charge in [-0.1, -0.05) is 35.3 Å². The fourth-order valence-corrected chi connectivity index (χ4v) is 5.04. The van der Waals surface area contributed by atoms with Crippen molar-refractivity contribution in [1.82, 2.24) is 9.88 Å². The Morgan fingerprint density at radius 3 is 2.48 bits per heavy atom. The Balaban J connectivity index is 1.49. The van der Waals surface area contributed by atoms with E-state index in [1.165, 1.54) is 6.20 Å². The first kappa shape index (κ1) is 30.1. The average Bonchev–Trinajstić information content (AvgIpc) is 2.92. The molecule has 1 aromatic heterocycles. The summed E-state index contributed by atoms with van der Waals surface area (Å²) in [5.74, 6) is 0.146. The molecule has 0 spiro atoms. The molecule has 40 heavy (non-hydrogen) atoms. The summed E-state index contributed by atoms with van der Waals surface area (Å²) in [6.07, 6.45) is 0.605. The van der Waals surface area contributed by atoms with Gasteiger partial charge in [0.1, 0.15) is 24.1 Å². The van der Waals surface area contributed by atoms with Gasteiger partial charge in [-0.3, -0.25) is 9.88 Å². The van der Waals surface area contributed by atoms with Crippen LogP contribution in [-0.2, 0) is 4.74 Å². The number of esters is 1. The quantitative estimate of drug-likeness (QED) is 0.325. The number of hydrogen-bond donors (Lipinski definition) is 2.